The second-order valence-corrected chi connectivity index (χ2v) is 9.24. The minimum absolute atomic E-state index is 0.00291. The first kappa shape index (κ1) is 26.4. The third kappa shape index (κ3) is 4.00. The molecule has 13 nitrogen and oxygen atoms in total. The number of nitrogens with zero attached hydrogens (tertiary/aromatic N) is 1. The maximum atomic E-state index is 14.2. The van der Waals surface area contributed by atoms with Gasteiger partial charge in [0.25, 0.3) is 5.69 Å². The van der Waals surface area contributed by atoms with Crippen molar-refractivity contribution in [1.82, 2.24) is 5.32 Å². The van der Waals surface area contributed by atoms with Gasteiger partial charge in [0.15, 0.2) is 11.4 Å². The molecule has 3 aliphatic rings. The molecule has 2 fully saturated rings. The normalized spacial score (nSPS) is 31.1. The molecule has 0 amide bonds. The van der Waals surface area contributed by atoms with E-state index in [-0.39, 0.29) is 40.4 Å². The molecule has 2 saturated heterocycles. The summed E-state index contributed by atoms with van der Waals surface area (Å²) in [5.74, 6) is -4.52. The summed E-state index contributed by atoms with van der Waals surface area (Å²) >= 11 is 0. The van der Waals surface area contributed by atoms with Crippen LogP contribution in [0.2, 0.25) is 0 Å². The van der Waals surface area contributed by atoms with Crippen molar-refractivity contribution in [3.05, 3.63) is 62.5 Å². The predicted molar refractivity (Wildman–Crippen MR) is 123 cm³/mol. The van der Waals surface area contributed by atoms with Crippen molar-refractivity contribution in [3.63, 3.8) is 0 Å². The number of carboxylic acid groups (broad SMARTS) is 1. The third-order valence-corrected chi connectivity index (χ3v) is 7.10. The molecule has 0 saturated carbocycles. The largest absolute Gasteiger partial charge is 0.481 e. The molecule has 198 valence electrons. The molecule has 13 heteroatoms. The van der Waals surface area contributed by atoms with Gasteiger partial charge in [-0.05, 0) is 13.8 Å². The number of rotatable bonds is 7. The zero-order valence-corrected chi connectivity index (χ0v) is 20.2. The number of hydrogen-bond acceptors (Lipinski definition) is 11. The maximum Gasteiger partial charge on any atom is 0.336 e. The quantitative estimate of drug-likeness (QED) is 0.219. The Hall–Kier alpha value is -3.65. The van der Waals surface area contributed by atoms with Gasteiger partial charge in [-0.25, -0.2) is 4.79 Å². The number of nitrogens with one attached hydrogen (secondary N) is 1. The smallest absolute Gasteiger partial charge is 0.336 e. The second kappa shape index (κ2) is 9.34. The fourth-order valence-corrected chi connectivity index (χ4v) is 5.48. The molecule has 0 aromatic heterocycles. The molecule has 3 heterocycles. The van der Waals surface area contributed by atoms with Gasteiger partial charge in [-0.3, -0.25) is 19.7 Å². The number of esters is 1. The van der Waals surface area contributed by atoms with Gasteiger partial charge in [0.1, 0.15) is 17.8 Å². The first-order chi connectivity index (χ1) is 17.4. The summed E-state index contributed by atoms with van der Waals surface area (Å²) in [5.41, 5.74) is -4.53. The van der Waals surface area contributed by atoms with Crippen molar-refractivity contribution in [1.29, 1.82) is 0 Å². The highest BCUT2D eigenvalue weighted by Gasteiger charge is 2.69. The van der Waals surface area contributed by atoms with Gasteiger partial charge >= 0.3 is 11.9 Å². The Morgan fingerprint density at radius 2 is 1.86 bits per heavy atom. The Morgan fingerprint density at radius 1 is 1.22 bits per heavy atom. The number of dihydropyridines is 1. The molecule has 3 aliphatic heterocycles. The summed E-state index contributed by atoms with van der Waals surface area (Å²) in [6.45, 7) is 1.95. The van der Waals surface area contributed by atoms with Crippen LogP contribution in [0.15, 0.2) is 46.8 Å². The molecule has 4 N–H and O–H groups in total. The molecule has 0 radical (unpaired) electrons. The Morgan fingerprint density at radius 3 is 2.49 bits per heavy atom. The second-order valence-electron chi connectivity index (χ2n) is 9.24. The molecule has 0 bridgehead atoms. The topological polar surface area (TPSA) is 195 Å². The molecule has 0 aliphatic carbocycles. The Balaban J connectivity index is 1.89. The van der Waals surface area contributed by atoms with E-state index >= 15 is 0 Å². The number of carbonyl (C=O) groups excluding carboxylic acids is 2. The van der Waals surface area contributed by atoms with E-state index in [2.05, 4.69) is 5.32 Å². The molecular formula is C24H26N2O11. The standard InChI is InChI=1S/C24H26N2O11/c1-11-17(20(30)23(32)10-37-24(8-16(28)29)15(27)9-36-22(23)24)19(18(12(2)25-11)21(31)35-3)13-6-4-5-7-14(13)26(33)34/h4-7,15,19,22,25,27,32H,8-10H2,1-3H3,(H,28,29)/t15-,19?,22+,23-,24-/m0/s1. The first-order valence-corrected chi connectivity index (χ1v) is 11.3. The summed E-state index contributed by atoms with van der Waals surface area (Å²) in [4.78, 5) is 49.8. The molecule has 5 atom stereocenters. The number of allylic oxidation sites excluding steroid dienone is 2. The van der Waals surface area contributed by atoms with Crippen LogP contribution < -0.4 is 5.32 Å². The average Bonchev–Trinajstić information content (AvgIpc) is 3.32. The monoisotopic (exact) mass is 518 g/mol. The lowest BCUT2D eigenvalue weighted by Gasteiger charge is -2.35. The number of ether oxygens (including phenoxy) is 3. The van der Waals surface area contributed by atoms with Gasteiger partial charge in [0.2, 0.25) is 0 Å². The number of para-hydroxylation sites is 1. The lowest BCUT2D eigenvalue weighted by molar-refractivity contribution is -0.385. The number of nitro benzene ring substituents is 1. The Labute approximate surface area is 210 Å². The number of carbonyl (C=O) groups is 3. The summed E-state index contributed by atoms with van der Waals surface area (Å²) in [5, 5.41) is 46.3. The number of nitro groups is 1. The van der Waals surface area contributed by atoms with Crippen LogP contribution in [0.3, 0.4) is 0 Å². The van der Waals surface area contributed by atoms with Crippen LogP contribution in [0.1, 0.15) is 31.7 Å². The first-order valence-electron chi connectivity index (χ1n) is 11.3. The Kier molecular flexibility index (Phi) is 6.67. The zero-order valence-electron chi connectivity index (χ0n) is 20.2. The number of fused-ring (bicyclic) bond motifs is 1. The van der Waals surface area contributed by atoms with Gasteiger partial charge < -0.3 is 34.8 Å². The van der Waals surface area contributed by atoms with E-state index in [1.54, 1.807) is 6.92 Å². The minimum Gasteiger partial charge on any atom is -0.481 e. The van der Waals surface area contributed by atoms with Crippen molar-refractivity contribution in [2.45, 2.75) is 49.6 Å². The van der Waals surface area contributed by atoms with Gasteiger partial charge in [-0.1, -0.05) is 18.2 Å². The van der Waals surface area contributed by atoms with Gasteiger partial charge in [0, 0.05) is 28.6 Å². The summed E-state index contributed by atoms with van der Waals surface area (Å²) < 4.78 is 16.0. The van der Waals surface area contributed by atoms with Crippen LogP contribution >= 0.6 is 0 Å². The SMILES string of the molecule is COC(=O)C1=C(C)NC(C)=C(C(=O)[C@@]2(O)CO[C@@]3(CC(=O)O)[C@@H](O)CO[C@@H]32)C1c1ccccc1[N+](=O)[O-]. The molecule has 1 aromatic rings. The number of Topliss-reactive ketones (excluding diaryl/α,β-unsaturated/α-hetero) is 1. The summed E-state index contributed by atoms with van der Waals surface area (Å²) in [7, 11) is 1.12. The number of aliphatic carboxylic acids is 1. The van der Waals surface area contributed by atoms with Gasteiger partial charge in [0.05, 0.1) is 43.2 Å². The number of benzene rings is 1. The number of methoxy groups -OCH3 is 1. The highest BCUT2D eigenvalue weighted by molar-refractivity contribution is 6.08. The van der Waals surface area contributed by atoms with Crippen LogP contribution in [-0.4, -0.2) is 81.7 Å². The van der Waals surface area contributed by atoms with Crippen molar-refractivity contribution < 1.29 is 48.8 Å². The van der Waals surface area contributed by atoms with E-state index in [1.807, 2.05) is 0 Å². The van der Waals surface area contributed by atoms with Crippen molar-refractivity contribution in [2.24, 2.45) is 0 Å². The van der Waals surface area contributed by atoms with E-state index < -0.39 is 65.0 Å². The number of aliphatic hydroxyl groups is 2. The van der Waals surface area contributed by atoms with Crippen LogP contribution in [0.4, 0.5) is 5.69 Å². The van der Waals surface area contributed by atoms with Crippen LogP contribution in [0.5, 0.6) is 0 Å². The summed E-state index contributed by atoms with van der Waals surface area (Å²) in [6.07, 6.45) is -3.74. The van der Waals surface area contributed by atoms with Crippen molar-refractivity contribution in [2.75, 3.05) is 20.3 Å². The van der Waals surface area contributed by atoms with Crippen molar-refractivity contribution in [3.8, 4) is 0 Å². The predicted octanol–water partition coefficient (Wildman–Crippen LogP) is 0.306. The number of hydrogen-bond donors (Lipinski definition) is 4. The molecule has 4 rings (SSSR count). The van der Waals surface area contributed by atoms with Crippen LogP contribution in [0.25, 0.3) is 0 Å². The van der Waals surface area contributed by atoms with E-state index in [0.717, 1.165) is 7.11 Å². The van der Waals surface area contributed by atoms with Gasteiger partial charge in [-0.15, -0.1) is 0 Å². The number of ketones is 1. The lowest BCUT2D eigenvalue weighted by Crippen LogP contribution is -2.57. The average molecular weight is 518 g/mol. The van der Waals surface area contributed by atoms with Crippen LogP contribution in [0, 0.1) is 10.1 Å². The highest BCUT2D eigenvalue weighted by Crippen LogP contribution is 2.49. The zero-order chi connectivity index (χ0) is 27.3. The number of aliphatic hydroxyl groups excluding tert-OH is 1. The lowest BCUT2D eigenvalue weighted by atomic mass is 9.72. The Bertz CT molecular complexity index is 1250. The molecule has 0 spiro atoms. The molecule has 1 unspecified atom stereocenters. The highest BCUT2D eigenvalue weighted by atomic mass is 16.6. The fourth-order valence-electron chi connectivity index (χ4n) is 5.48. The molecule has 1 aromatic carbocycles. The summed E-state index contributed by atoms with van der Waals surface area (Å²) in [6, 6.07) is 5.56. The minimum atomic E-state index is -2.47. The maximum absolute atomic E-state index is 14.2. The molecular weight excluding hydrogens is 492 g/mol. The van der Waals surface area contributed by atoms with E-state index in [4.69, 9.17) is 14.2 Å². The third-order valence-electron chi connectivity index (χ3n) is 7.10. The van der Waals surface area contributed by atoms with Crippen LogP contribution in [-0.2, 0) is 28.6 Å². The van der Waals surface area contributed by atoms with Gasteiger partial charge in [-0.2, -0.15) is 0 Å². The van der Waals surface area contributed by atoms with E-state index in [1.165, 1.54) is 31.2 Å². The van der Waals surface area contributed by atoms with Crippen molar-refractivity contribution >= 4 is 23.4 Å². The van der Waals surface area contributed by atoms with E-state index in [9.17, 15) is 39.8 Å². The number of carboxylic acids is 1. The molecule has 37 heavy (non-hydrogen) atoms. The van der Waals surface area contributed by atoms with E-state index in [0.29, 0.717) is 0 Å². The fraction of sp³-hybridized carbons (Fsp3) is 0.458.